The lowest BCUT2D eigenvalue weighted by Crippen LogP contribution is -2.23. The Hall–Kier alpha value is -0.970. The van der Waals surface area contributed by atoms with Crippen LogP contribution in [0.4, 0.5) is 26.3 Å². The Morgan fingerprint density at radius 2 is 1.09 bits per heavy atom. The molecule has 0 aliphatic heterocycles. The van der Waals surface area contributed by atoms with Crippen molar-refractivity contribution in [1.29, 1.82) is 0 Å². The molecule has 126 valence electrons. The number of benzene rings is 1. The molecule has 0 unspecified atom stereocenters. The second-order valence-corrected chi connectivity index (χ2v) is 9.66. The van der Waals surface area contributed by atoms with Crippen LogP contribution in [0.1, 0.15) is 38.8 Å². The van der Waals surface area contributed by atoms with Crippen molar-refractivity contribution in [3.05, 3.63) is 29.3 Å². The Balaban J connectivity index is 3.71. The van der Waals surface area contributed by atoms with E-state index in [0.29, 0.717) is 12.1 Å². The summed E-state index contributed by atoms with van der Waals surface area (Å²) < 4.78 is 90.3. The highest BCUT2D eigenvalue weighted by Gasteiger charge is 2.40. The predicted octanol–water partition coefficient (Wildman–Crippen LogP) is 5.53. The van der Waals surface area contributed by atoms with E-state index in [1.54, 1.807) is 0 Å². The average Bonchev–Trinajstić information content (AvgIpc) is 2.34. The molecule has 0 bridgehead atoms. The average molecular weight is 346 g/mol. The van der Waals surface area contributed by atoms with E-state index in [2.05, 4.69) is 0 Å². The molecule has 0 aliphatic carbocycles. The summed E-state index contributed by atoms with van der Waals surface area (Å²) in [5.74, 6) is 0. The van der Waals surface area contributed by atoms with Gasteiger partial charge < -0.3 is 4.57 Å². The van der Waals surface area contributed by atoms with Gasteiger partial charge in [0, 0.05) is 16.6 Å². The van der Waals surface area contributed by atoms with Crippen LogP contribution in [0.25, 0.3) is 0 Å². The van der Waals surface area contributed by atoms with Crippen LogP contribution in [0.15, 0.2) is 18.2 Å². The molecule has 0 amide bonds. The first-order chi connectivity index (χ1) is 9.70. The SMILES string of the molecule is CC(C)P(=O)(c1cc(C(F)(F)F)cc(C(F)(F)F)c1)C(C)C. The summed E-state index contributed by atoms with van der Waals surface area (Å²) in [4.78, 5) is 0. The molecule has 0 spiro atoms. The minimum atomic E-state index is -4.94. The molecule has 1 aromatic carbocycles. The van der Waals surface area contributed by atoms with Crippen molar-refractivity contribution >= 4 is 12.4 Å². The van der Waals surface area contributed by atoms with Gasteiger partial charge in [-0.05, 0) is 18.2 Å². The van der Waals surface area contributed by atoms with E-state index in [1.807, 2.05) is 0 Å². The lowest BCUT2D eigenvalue weighted by Gasteiger charge is -2.28. The fourth-order valence-electron chi connectivity index (χ4n) is 2.33. The van der Waals surface area contributed by atoms with E-state index in [4.69, 9.17) is 0 Å². The number of rotatable bonds is 3. The highest BCUT2D eigenvalue weighted by atomic mass is 31.2. The first-order valence-corrected chi connectivity index (χ1v) is 8.44. The molecule has 0 radical (unpaired) electrons. The second-order valence-electron chi connectivity index (χ2n) is 5.66. The smallest absolute Gasteiger partial charge is 0.318 e. The molecule has 8 heteroatoms. The van der Waals surface area contributed by atoms with Gasteiger partial charge in [-0.25, -0.2) is 0 Å². The van der Waals surface area contributed by atoms with Crippen molar-refractivity contribution in [2.45, 2.75) is 51.4 Å². The molecule has 1 nitrogen and oxygen atoms in total. The summed E-state index contributed by atoms with van der Waals surface area (Å²) in [6, 6.07) is 1.21. The van der Waals surface area contributed by atoms with Gasteiger partial charge in [-0.2, -0.15) is 26.3 Å². The number of hydrogen-bond acceptors (Lipinski definition) is 1. The molecular weight excluding hydrogens is 329 g/mol. The molecule has 1 rings (SSSR count). The Morgan fingerprint density at radius 1 is 0.773 bits per heavy atom. The third-order valence-electron chi connectivity index (χ3n) is 3.51. The standard InChI is InChI=1S/C14H17F6OP/c1-8(2)22(21,9(3)4)12-6-10(13(15,16)17)5-11(7-12)14(18,19)20/h5-9H,1-4H3. The van der Waals surface area contributed by atoms with Crippen LogP contribution in [0.5, 0.6) is 0 Å². The first-order valence-electron chi connectivity index (χ1n) is 6.60. The summed E-state index contributed by atoms with van der Waals surface area (Å²) in [7, 11) is -3.41. The topological polar surface area (TPSA) is 17.1 Å². The van der Waals surface area contributed by atoms with Gasteiger partial charge in [0.2, 0.25) is 0 Å². The highest BCUT2D eigenvalue weighted by Crippen LogP contribution is 2.54. The van der Waals surface area contributed by atoms with E-state index in [9.17, 15) is 30.9 Å². The van der Waals surface area contributed by atoms with Crippen molar-refractivity contribution in [2.24, 2.45) is 0 Å². The van der Waals surface area contributed by atoms with Crippen molar-refractivity contribution in [3.8, 4) is 0 Å². The zero-order chi connectivity index (χ0) is 17.5. The second kappa shape index (κ2) is 5.91. The molecule has 0 fully saturated rings. The third kappa shape index (κ3) is 3.67. The summed E-state index contributed by atoms with van der Waals surface area (Å²) >= 11 is 0. The number of alkyl halides is 6. The van der Waals surface area contributed by atoms with Crippen LogP contribution in [-0.4, -0.2) is 11.3 Å². The molecule has 0 saturated carbocycles. The van der Waals surface area contributed by atoms with Gasteiger partial charge in [-0.3, -0.25) is 0 Å². The van der Waals surface area contributed by atoms with E-state index in [-0.39, 0.29) is 11.4 Å². The van der Waals surface area contributed by atoms with Crippen LogP contribution in [0.2, 0.25) is 0 Å². The first kappa shape index (κ1) is 19.1. The van der Waals surface area contributed by atoms with Gasteiger partial charge in [0.15, 0.2) is 0 Å². The van der Waals surface area contributed by atoms with E-state index in [0.717, 1.165) is 0 Å². The van der Waals surface area contributed by atoms with Crippen molar-refractivity contribution in [2.75, 3.05) is 0 Å². The lowest BCUT2D eigenvalue weighted by atomic mass is 10.1. The van der Waals surface area contributed by atoms with Gasteiger partial charge >= 0.3 is 12.4 Å². The van der Waals surface area contributed by atoms with Crippen molar-refractivity contribution in [3.63, 3.8) is 0 Å². The fourth-order valence-corrected chi connectivity index (χ4v) is 5.40. The maximum absolute atomic E-state index is 13.0. The maximum atomic E-state index is 13.0. The summed E-state index contributed by atoms with van der Waals surface area (Å²) in [6.45, 7) is 6.14. The number of halogens is 6. The lowest BCUT2D eigenvalue weighted by molar-refractivity contribution is -0.142. The Kier molecular flexibility index (Phi) is 5.13. The van der Waals surface area contributed by atoms with E-state index in [1.165, 1.54) is 27.7 Å². The Morgan fingerprint density at radius 3 is 1.32 bits per heavy atom. The molecule has 0 aliphatic rings. The van der Waals surface area contributed by atoms with Crippen LogP contribution in [0, 0.1) is 0 Å². The zero-order valence-corrected chi connectivity index (χ0v) is 13.4. The van der Waals surface area contributed by atoms with Gasteiger partial charge in [0.1, 0.15) is 7.14 Å². The van der Waals surface area contributed by atoms with Gasteiger partial charge in [-0.1, -0.05) is 27.7 Å². The monoisotopic (exact) mass is 346 g/mol. The van der Waals surface area contributed by atoms with Crippen LogP contribution >= 0.6 is 7.14 Å². The van der Waals surface area contributed by atoms with Crippen molar-refractivity contribution in [1.82, 2.24) is 0 Å². The predicted molar refractivity (Wildman–Crippen MR) is 74.0 cm³/mol. The van der Waals surface area contributed by atoms with E-state index >= 15 is 0 Å². The minimum Gasteiger partial charge on any atom is -0.318 e. The third-order valence-corrected chi connectivity index (χ3v) is 7.64. The van der Waals surface area contributed by atoms with E-state index < -0.39 is 41.9 Å². The molecule has 0 aromatic heterocycles. The fraction of sp³-hybridized carbons (Fsp3) is 0.571. The van der Waals surface area contributed by atoms with Crippen LogP contribution < -0.4 is 5.30 Å². The Labute approximate surface area is 125 Å². The minimum absolute atomic E-state index is 0.0501. The quantitative estimate of drug-likeness (QED) is 0.520. The van der Waals surface area contributed by atoms with Gasteiger partial charge in [-0.15, -0.1) is 0 Å². The molecular formula is C14H17F6OP. The normalized spacial score (nSPS) is 14.0. The van der Waals surface area contributed by atoms with Crippen LogP contribution in [-0.2, 0) is 16.9 Å². The molecule has 0 saturated heterocycles. The Bertz CT molecular complexity index is 542. The van der Waals surface area contributed by atoms with Crippen LogP contribution in [0.3, 0.4) is 0 Å². The molecule has 1 aromatic rings. The molecule has 0 N–H and O–H groups in total. The summed E-state index contributed by atoms with van der Waals surface area (Å²) in [6.07, 6.45) is -9.87. The summed E-state index contributed by atoms with van der Waals surface area (Å²) in [5.41, 5.74) is -3.98. The summed E-state index contributed by atoms with van der Waals surface area (Å²) in [5, 5.41) is -0.375. The molecule has 0 heterocycles. The number of hydrogen-bond donors (Lipinski definition) is 0. The van der Waals surface area contributed by atoms with Gasteiger partial charge in [0.25, 0.3) is 0 Å². The molecule has 22 heavy (non-hydrogen) atoms. The maximum Gasteiger partial charge on any atom is 0.416 e. The zero-order valence-electron chi connectivity index (χ0n) is 12.5. The van der Waals surface area contributed by atoms with Crippen molar-refractivity contribution < 1.29 is 30.9 Å². The van der Waals surface area contributed by atoms with Gasteiger partial charge in [0.05, 0.1) is 11.1 Å². The largest absolute Gasteiger partial charge is 0.416 e. The molecule has 0 atom stereocenters. The highest BCUT2D eigenvalue weighted by molar-refractivity contribution is 7.72.